The summed E-state index contributed by atoms with van der Waals surface area (Å²) in [7, 11) is -3.36. The molecule has 2 aromatic rings. The molecule has 1 aliphatic rings. The van der Waals surface area contributed by atoms with Crippen LogP contribution in [0.5, 0.6) is 0 Å². The van der Waals surface area contributed by atoms with Crippen molar-refractivity contribution in [2.45, 2.75) is 26.7 Å². The monoisotopic (exact) mass is 401 g/mol. The Hall–Kier alpha value is -2.67. The summed E-state index contributed by atoms with van der Waals surface area (Å²) in [6.07, 6.45) is 2.54. The van der Waals surface area contributed by atoms with Gasteiger partial charge in [0.1, 0.15) is 0 Å². The number of hydrogen-bond donors (Lipinski definition) is 0. The second-order valence-electron chi connectivity index (χ2n) is 7.10. The number of sulfonamides is 1. The Kier molecular flexibility index (Phi) is 5.56. The number of fused-ring (bicyclic) bond motifs is 1. The van der Waals surface area contributed by atoms with Gasteiger partial charge in [0.25, 0.3) is 0 Å². The Morgan fingerprint density at radius 1 is 1.11 bits per heavy atom. The third-order valence-electron chi connectivity index (χ3n) is 4.81. The molecule has 0 amide bonds. The third-order valence-corrected chi connectivity index (χ3v) is 5.99. The van der Waals surface area contributed by atoms with Gasteiger partial charge in [0.05, 0.1) is 17.5 Å². The molecule has 0 spiro atoms. The minimum atomic E-state index is -3.36. The molecule has 7 heteroatoms. The van der Waals surface area contributed by atoms with Crippen LogP contribution in [0.15, 0.2) is 36.4 Å². The summed E-state index contributed by atoms with van der Waals surface area (Å²) in [5.41, 5.74) is 4.12. The lowest BCUT2D eigenvalue weighted by Crippen LogP contribution is -2.34. The van der Waals surface area contributed by atoms with Gasteiger partial charge in [-0.15, -0.1) is 0 Å². The van der Waals surface area contributed by atoms with Gasteiger partial charge in [0.2, 0.25) is 15.8 Å². The number of ketones is 1. The number of Topliss-reactive ketones (excluding diaryl/α,β-unsaturated/α-hetero) is 1. The summed E-state index contributed by atoms with van der Waals surface area (Å²) < 4.78 is 30.4. The van der Waals surface area contributed by atoms with Crippen molar-refractivity contribution in [2.75, 3.05) is 23.7 Å². The van der Waals surface area contributed by atoms with Crippen LogP contribution >= 0.6 is 0 Å². The second-order valence-corrected chi connectivity index (χ2v) is 9.01. The highest BCUT2D eigenvalue weighted by Gasteiger charge is 2.25. The first-order valence-corrected chi connectivity index (χ1v) is 10.9. The van der Waals surface area contributed by atoms with Crippen molar-refractivity contribution in [3.63, 3.8) is 0 Å². The number of ether oxygens (including phenoxy) is 1. The summed E-state index contributed by atoms with van der Waals surface area (Å²) in [6.45, 7) is 3.89. The maximum Gasteiger partial charge on any atom is 0.338 e. The topological polar surface area (TPSA) is 80.8 Å². The number of carbonyl (C=O) groups is 2. The lowest BCUT2D eigenvalue weighted by atomic mass is 10.0. The van der Waals surface area contributed by atoms with Gasteiger partial charge >= 0.3 is 5.97 Å². The van der Waals surface area contributed by atoms with Crippen molar-refractivity contribution in [3.05, 3.63) is 64.2 Å². The van der Waals surface area contributed by atoms with E-state index in [9.17, 15) is 18.0 Å². The van der Waals surface area contributed by atoms with Crippen LogP contribution in [0.3, 0.4) is 0 Å². The molecule has 0 fully saturated rings. The van der Waals surface area contributed by atoms with Crippen LogP contribution < -0.4 is 4.31 Å². The molecule has 0 aliphatic carbocycles. The molecule has 28 heavy (non-hydrogen) atoms. The molecule has 0 bridgehead atoms. The zero-order valence-corrected chi connectivity index (χ0v) is 17.0. The number of rotatable bonds is 5. The van der Waals surface area contributed by atoms with Crippen LogP contribution in [0.25, 0.3) is 0 Å². The first-order valence-electron chi connectivity index (χ1n) is 9.05. The Morgan fingerprint density at radius 3 is 2.54 bits per heavy atom. The van der Waals surface area contributed by atoms with Crippen LogP contribution in [-0.4, -0.2) is 39.6 Å². The third kappa shape index (κ3) is 4.25. The van der Waals surface area contributed by atoms with E-state index in [4.69, 9.17) is 4.74 Å². The van der Waals surface area contributed by atoms with Gasteiger partial charge in [-0.3, -0.25) is 9.10 Å². The van der Waals surface area contributed by atoms with Crippen LogP contribution in [0.1, 0.15) is 43.8 Å². The first-order chi connectivity index (χ1) is 13.2. The van der Waals surface area contributed by atoms with E-state index in [0.29, 0.717) is 36.2 Å². The standard InChI is InChI=1S/C21H23NO5S/c1-14-6-8-18(15(2)11-14)20(23)13-27-21(24)17-7-9-19-16(12-17)5-4-10-22(19)28(3,25)26/h6-9,11-12H,4-5,10,13H2,1-3H3. The van der Waals surface area contributed by atoms with Gasteiger partial charge in [-0.25, -0.2) is 13.2 Å². The van der Waals surface area contributed by atoms with E-state index >= 15 is 0 Å². The van der Waals surface area contributed by atoms with E-state index in [1.165, 1.54) is 16.6 Å². The minimum Gasteiger partial charge on any atom is -0.454 e. The van der Waals surface area contributed by atoms with Crippen molar-refractivity contribution < 1.29 is 22.7 Å². The summed E-state index contributed by atoms with van der Waals surface area (Å²) in [5, 5.41) is 0. The molecule has 0 aromatic heterocycles. The summed E-state index contributed by atoms with van der Waals surface area (Å²) in [4.78, 5) is 24.7. The molecule has 6 nitrogen and oxygen atoms in total. The maximum atomic E-state index is 12.4. The number of nitrogens with zero attached hydrogens (tertiary/aromatic N) is 1. The Morgan fingerprint density at radius 2 is 1.86 bits per heavy atom. The highest BCUT2D eigenvalue weighted by atomic mass is 32.2. The Balaban J connectivity index is 1.72. The van der Waals surface area contributed by atoms with Crippen molar-refractivity contribution in [1.82, 2.24) is 0 Å². The number of benzene rings is 2. The zero-order chi connectivity index (χ0) is 20.5. The molecule has 1 aliphatic heterocycles. The number of carbonyl (C=O) groups excluding carboxylic acids is 2. The summed E-state index contributed by atoms with van der Waals surface area (Å²) >= 11 is 0. The molecule has 0 saturated heterocycles. The summed E-state index contributed by atoms with van der Waals surface area (Å²) in [5.74, 6) is -0.857. The lowest BCUT2D eigenvalue weighted by Gasteiger charge is -2.29. The second kappa shape index (κ2) is 7.75. The van der Waals surface area contributed by atoms with Crippen LogP contribution in [0.2, 0.25) is 0 Å². The SMILES string of the molecule is Cc1ccc(C(=O)COC(=O)c2ccc3c(c2)CCCN3S(C)(=O)=O)c(C)c1. The molecule has 148 valence electrons. The van der Waals surface area contributed by atoms with E-state index in [-0.39, 0.29) is 12.4 Å². The molecule has 1 heterocycles. The van der Waals surface area contributed by atoms with Gasteiger partial charge in [0.15, 0.2) is 6.61 Å². The fourth-order valence-corrected chi connectivity index (χ4v) is 4.45. The fourth-order valence-electron chi connectivity index (χ4n) is 3.45. The van der Waals surface area contributed by atoms with Gasteiger partial charge in [0, 0.05) is 12.1 Å². The number of anilines is 1. The average molecular weight is 401 g/mol. The molecule has 2 aromatic carbocycles. The Bertz CT molecular complexity index is 1040. The molecule has 3 rings (SSSR count). The number of aryl methyl sites for hydroxylation is 3. The van der Waals surface area contributed by atoms with Gasteiger partial charge < -0.3 is 4.74 Å². The van der Waals surface area contributed by atoms with Crippen LogP contribution in [0, 0.1) is 13.8 Å². The van der Waals surface area contributed by atoms with Crippen LogP contribution in [0.4, 0.5) is 5.69 Å². The van der Waals surface area contributed by atoms with E-state index in [0.717, 1.165) is 16.7 Å². The lowest BCUT2D eigenvalue weighted by molar-refractivity contribution is 0.0474. The molecular formula is C21H23NO5S. The molecular weight excluding hydrogens is 378 g/mol. The molecule has 0 N–H and O–H groups in total. The molecule has 0 radical (unpaired) electrons. The first kappa shape index (κ1) is 20.1. The number of esters is 1. The van der Waals surface area contributed by atoms with Gasteiger partial charge in [-0.05, 0) is 56.0 Å². The zero-order valence-electron chi connectivity index (χ0n) is 16.2. The van der Waals surface area contributed by atoms with Crippen molar-refractivity contribution in [1.29, 1.82) is 0 Å². The summed E-state index contributed by atoms with van der Waals surface area (Å²) in [6, 6.07) is 10.3. The molecule has 0 saturated carbocycles. The van der Waals surface area contributed by atoms with Crippen molar-refractivity contribution >= 4 is 27.5 Å². The van der Waals surface area contributed by atoms with Gasteiger partial charge in [-0.1, -0.05) is 23.8 Å². The predicted molar refractivity (Wildman–Crippen MR) is 107 cm³/mol. The largest absolute Gasteiger partial charge is 0.454 e. The quantitative estimate of drug-likeness (QED) is 0.568. The normalized spacial score (nSPS) is 13.8. The maximum absolute atomic E-state index is 12.4. The highest BCUT2D eigenvalue weighted by molar-refractivity contribution is 7.92. The van der Waals surface area contributed by atoms with E-state index < -0.39 is 16.0 Å². The smallest absolute Gasteiger partial charge is 0.338 e. The highest BCUT2D eigenvalue weighted by Crippen LogP contribution is 2.30. The number of hydrogen-bond acceptors (Lipinski definition) is 5. The van der Waals surface area contributed by atoms with E-state index in [1.807, 2.05) is 26.0 Å². The van der Waals surface area contributed by atoms with Gasteiger partial charge in [-0.2, -0.15) is 0 Å². The van der Waals surface area contributed by atoms with Crippen molar-refractivity contribution in [3.8, 4) is 0 Å². The van der Waals surface area contributed by atoms with Crippen molar-refractivity contribution in [2.24, 2.45) is 0 Å². The predicted octanol–water partition coefficient (Wildman–Crippen LogP) is 3.06. The minimum absolute atomic E-state index is 0.257. The fraction of sp³-hybridized carbons (Fsp3) is 0.333. The molecule has 0 unspecified atom stereocenters. The van der Waals surface area contributed by atoms with Crippen LogP contribution in [-0.2, 0) is 21.2 Å². The van der Waals surface area contributed by atoms with E-state index in [1.54, 1.807) is 18.2 Å². The average Bonchev–Trinajstić information content (AvgIpc) is 2.64. The molecule has 0 atom stereocenters. The van der Waals surface area contributed by atoms with E-state index in [2.05, 4.69) is 0 Å². The Labute approximate surface area is 165 Å².